The van der Waals surface area contributed by atoms with Gasteiger partial charge in [0.15, 0.2) is 4.88 Å². The van der Waals surface area contributed by atoms with Gasteiger partial charge in [-0.1, -0.05) is 24.4 Å². The van der Waals surface area contributed by atoms with Crippen molar-refractivity contribution in [3.8, 4) is 16.2 Å². The van der Waals surface area contributed by atoms with E-state index in [1.54, 1.807) is 13.2 Å². The smallest absolute Gasteiger partial charge is 0.198 e. The van der Waals surface area contributed by atoms with Gasteiger partial charge >= 0.3 is 0 Å². The monoisotopic (exact) mass is 256 g/mol. The molecule has 1 heterocycles. The fourth-order valence-corrected chi connectivity index (χ4v) is 4.38. The zero-order valence-electron chi connectivity index (χ0n) is 7.93. The Morgan fingerprint density at radius 2 is 2.13 bits per heavy atom. The fraction of sp³-hybridized carbons (Fsp3) is 0.100. The quantitative estimate of drug-likeness (QED) is 0.464. The molecule has 15 heavy (non-hydrogen) atoms. The molecule has 0 aliphatic carbocycles. The Morgan fingerprint density at radius 3 is 2.73 bits per heavy atom. The van der Waals surface area contributed by atoms with Crippen LogP contribution in [0.25, 0.3) is 10.4 Å². The summed E-state index contributed by atoms with van der Waals surface area (Å²) in [6.07, 6.45) is 0. The predicted octanol–water partition coefficient (Wildman–Crippen LogP) is 3.88. The van der Waals surface area contributed by atoms with Gasteiger partial charge in [0.25, 0.3) is 0 Å². The van der Waals surface area contributed by atoms with Crippen molar-refractivity contribution in [2.24, 2.45) is 0 Å². The highest BCUT2D eigenvalue weighted by molar-refractivity contribution is 7.83. The molecule has 0 saturated carbocycles. The van der Waals surface area contributed by atoms with Crippen molar-refractivity contribution in [1.29, 1.82) is 0 Å². The van der Waals surface area contributed by atoms with Gasteiger partial charge in [0.05, 0.1) is 12.7 Å². The molecule has 0 fully saturated rings. The molecule has 5 heteroatoms. The maximum atomic E-state index is 11.7. The number of para-hydroxylation sites is 1. The summed E-state index contributed by atoms with van der Waals surface area (Å²) in [6, 6.07) is 9.28. The third kappa shape index (κ3) is 2.10. The molecule has 1 unspecified atom stereocenters. The van der Waals surface area contributed by atoms with Gasteiger partial charge in [-0.15, -0.1) is 0 Å². The van der Waals surface area contributed by atoms with Crippen LogP contribution in [0.3, 0.4) is 0 Å². The lowest BCUT2D eigenvalue weighted by Gasteiger charge is -2.04. The van der Waals surface area contributed by atoms with Crippen LogP contribution in [0, 0.1) is 3.82 Å². The van der Waals surface area contributed by atoms with Crippen molar-refractivity contribution in [3.05, 3.63) is 34.2 Å². The van der Waals surface area contributed by atoms with Crippen molar-refractivity contribution in [2.75, 3.05) is 7.11 Å². The second-order valence-electron chi connectivity index (χ2n) is 2.85. The maximum Gasteiger partial charge on any atom is 0.198 e. The average molecular weight is 256 g/mol. The number of rotatable bonds is 2. The Bertz CT molecular complexity index is 527. The van der Waals surface area contributed by atoms with E-state index in [0.717, 1.165) is 16.2 Å². The molecule has 1 aromatic heterocycles. The molecule has 0 saturated heterocycles. The molecule has 0 spiro atoms. The van der Waals surface area contributed by atoms with Crippen LogP contribution in [0.15, 0.2) is 30.3 Å². The molecular weight excluding hydrogens is 248 g/mol. The molecule has 2 rings (SSSR count). The van der Waals surface area contributed by atoms with Crippen LogP contribution < -0.4 is 4.74 Å². The Hall–Kier alpha value is -0.750. The average Bonchev–Trinajstić information content (AvgIpc) is 2.57. The summed E-state index contributed by atoms with van der Waals surface area (Å²) in [5.41, 5.74) is 0.852. The summed E-state index contributed by atoms with van der Waals surface area (Å²) in [5, 5.41) is 0. The molecule has 2 aromatic rings. The number of hydrogen-bond donors (Lipinski definition) is 0. The van der Waals surface area contributed by atoms with Crippen LogP contribution in [-0.2, 0) is 0 Å². The highest BCUT2D eigenvalue weighted by atomic mass is 32.9. The first-order chi connectivity index (χ1) is 7.22. The summed E-state index contributed by atoms with van der Waals surface area (Å²) in [5.74, 6) is 0.724. The van der Waals surface area contributed by atoms with Gasteiger partial charge in [-0.3, -0.25) is 0 Å². The first kappa shape index (κ1) is 10.8. The Balaban J connectivity index is 2.63. The van der Waals surface area contributed by atoms with Crippen molar-refractivity contribution >= 4 is 32.3 Å². The Labute approximate surface area is 99.0 Å². The van der Waals surface area contributed by atoms with Crippen LogP contribution in [0.5, 0.6) is 5.75 Å². The van der Waals surface area contributed by atoms with Crippen molar-refractivity contribution in [3.63, 3.8) is 0 Å². The largest absolute Gasteiger partial charge is 0.579 e. The Morgan fingerprint density at radius 1 is 1.40 bits per heavy atom. The number of ether oxygens (including phenoxy) is 1. The summed E-state index contributed by atoms with van der Waals surface area (Å²) in [4.78, 5) is 0.738. The lowest BCUT2D eigenvalue weighted by molar-refractivity contribution is 0.416. The zero-order chi connectivity index (χ0) is 10.8. The second-order valence-corrected chi connectivity index (χ2v) is 6.47. The maximum absolute atomic E-state index is 11.7. The minimum absolute atomic E-state index is 0.661. The first-order valence-electron chi connectivity index (χ1n) is 4.21. The SMILES string of the molecule is COc1ccccc1-c1cc(=S)s[s+]1[O-]. The summed E-state index contributed by atoms with van der Waals surface area (Å²) in [6.45, 7) is 0. The lowest BCUT2D eigenvalue weighted by atomic mass is 10.2. The summed E-state index contributed by atoms with van der Waals surface area (Å²) >= 11 is 5.01. The van der Waals surface area contributed by atoms with Gasteiger partial charge in [0.1, 0.15) is 19.9 Å². The third-order valence-electron chi connectivity index (χ3n) is 1.96. The molecule has 1 aromatic carbocycles. The molecule has 0 bridgehead atoms. The van der Waals surface area contributed by atoms with E-state index in [1.807, 2.05) is 24.3 Å². The fourth-order valence-electron chi connectivity index (χ4n) is 1.31. The zero-order valence-corrected chi connectivity index (χ0v) is 10.4. The van der Waals surface area contributed by atoms with Gasteiger partial charge < -0.3 is 9.29 Å². The van der Waals surface area contributed by atoms with E-state index in [-0.39, 0.29) is 0 Å². The van der Waals surface area contributed by atoms with E-state index < -0.39 is 9.75 Å². The van der Waals surface area contributed by atoms with Crippen LogP contribution in [-0.4, -0.2) is 11.7 Å². The first-order valence-corrected chi connectivity index (χ1v) is 7.10. The van der Waals surface area contributed by atoms with Crippen molar-refractivity contribution in [1.82, 2.24) is 0 Å². The van der Waals surface area contributed by atoms with Crippen LogP contribution >= 0.6 is 32.3 Å². The lowest BCUT2D eigenvalue weighted by Crippen LogP contribution is -1.85. The van der Waals surface area contributed by atoms with E-state index in [1.165, 1.54) is 10.3 Å². The van der Waals surface area contributed by atoms with E-state index in [2.05, 4.69) is 0 Å². The van der Waals surface area contributed by atoms with Gasteiger partial charge in [0, 0.05) is 15.8 Å². The number of benzene rings is 1. The van der Waals surface area contributed by atoms with E-state index >= 15 is 0 Å². The normalized spacial score (nSPS) is 11.5. The molecule has 2 nitrogen and oxygen atoms in total. The Kier molecular flexibility index (Phi) is 3.16. The highest BCUT2D eigenvalue weighted by Crippen LogP contribution is 2.40. The minimum atomic E-state index is -1.10. The molecular formula is C10H8O2S3. The summed E-state index contributed by atoms with van der Waals surface area (Å²) < 4.78 is 17.6. The second kappa shape index (κ2) is 4.40. The standard InChI is InChI=1S/C10H8O2S3/c1-12-8-5-3-2-4-7(8)9-6-10(13)14-15(9)11/h2-6H,1H3. The van der Waals surface area contributed by atoms with E-state index in [9.17, 15) is 4.55 Å². The molecule has 0 aliphatic rings. The molecule has 1 atom stereocenters. The minimum Gasteiger partial charge on any atom is -0.579 e. The molecule has 78 valence electrons. The van der Waals surface area contributed by atoms with Crippen molar-refractivity contribution in [2.45, 2.75) is 0 Å². The van der Waals surface area contributed by atoms with Gasteiger partial charge in [-0.05, 0) is 12.1 Å². The van der Waals surface area contributed by atoms with Crippen LogP contribution in [0.4, 0.5) is 0 Å². The molecule has 0 N–H and O–H groups in total. The van der Waals surface area contributed by atoms with Gasteiger partial charge in [-0.25, -0.2) is 0 Å². The van der Waals surface area contributed by atoms with Crippen LogP contribution in [0.2, 0.25) is 0 Å². The van der Waals surface area contributed by atoms with Crippen LogP contribution in [0.1, 0.15) is 0 Å². The molecule has 0 amide bonds. The third-order valence-corrected chi connectivity index (χ3v) is 5.30. The van der Waals surface area contributed by atoms with E-state index in [0.29, 0.717) is 3.82 Å². The number of hydrogen-bond acceptors (Lipinski definition) is 4. The highest BCUT2D eigenvalue weighted by Gasteiger charge is 2.15. The molecule has 0 radical (unpaired) electrons. The molecule has 0 aliphatic heterocycles. The predicted molar refractivity (Wildman–Crippen MR) is 65.8 cm³/mol. The van der Waals surface area contributed by atoms with Gasteiger partial charge in [-0.2, -0.15) is 0 Å². The van der Waals surface area contributed by atoms with Crippen molar-refractivity contribution < 1.29 is 9.29 Å². The topological polar surface area (TPSA) is 32.3 Å². The van der Waals surface area contributed by atoms with E-state index in [4.69, 9.17) is 17.0 Å². The number of methoxy groups -OCH3 is 1. The van der Waals surface area contributed by atoms with Gasteiger partial charge in [0.2, 0.25) is 0 Å². The summed E-state index contributed by atoms with van der Waals surface area (Å²) in [7, 11) is 1.70.